The number of hydrogen-bond donors (Lipinski definition) is 0. The lowest BCUT2D eigenvalue weighted by Crippen LogP contribution is -2.28. The van der Waals surface area contributed by atoms with Crippen molar-refractivity contribution in [1.82, 2.24) is 14.6 Å². The van der Waals surface area contributed by atoms with Crippen LogP contribution in [0.3, 0.4) is 0 Å². The second kappa shape index (κ2) is 8.89. The van der Waals surface area contributed by atoms with Crippen molar-refractivity contribution in [3.05, 3.63) is 69.8 Å². The van der Waals surface area contributed by atoms with E-state index in [1.165, 1.54) is 37.1 Å². The Kier molecular flexibility index (Phi) is 5.76. The van der Waals surface area contributed by atoms with Gasteiger partial charge >= 0.3 is 0 Å². The number of fused-ring (bicyclic) bond motifs is 1. The average Bonchev–Trinajstić information content (AvgIpc) is 3.53. The standard InChI is InChI=1S/C25H23BrN4OS2/c26-18-13-11-16(12-14-18)21-22(24-29(20(31)15-32-24)19-9-5-2-6-10-19)30-25(27-21)33-23(28-30)17-7-3-1-4-8-17/h2,5-6,9-14,17,24H,1,3-4,7-8,15H2. The maximum absolute atomic E-state index is 13.0. The molecule has 0 N–H and O–H groups in total. The lowest BCUT2D eigenvalue weighted by atomic mass is 9.90. The zero-order valence-electron chi connectivity index (χ0n) is 18.0. The van der Waals surface area contributed by atoms with Gasteiger partial charge in [-0.3, -0.25) is 9.69 Å². The number of aromatic nitrogens is 3. The molecule has 1 unspecified atom stereocenters. The Morgan fingerprint density at radius 1 is 0.970 bits per heavy atom. The van der Waals surface area contributed by atoms with Crippen LogP contribution < -0.4 is 4.90 Å². The highest BCUT2D eigenvalue weighted by molar-refractivity contribution is 9.10. The fourth-order valence-electron chi connectivity index (χ4n) is 4.83. The van der Waals surface area contributed by atoms with Gasteiger partial charge in [0.25, 0.3) is 0 Å². The van der Waals surface area contributed by atoms with E-state index in [1.807, 2.05) is 51.9 Å². The van der Waals surface area contributed by atoms with Gasteiger partial charge in [-0.2, -0.15) is 5.10 Å². The Balaban J connectivity index is 1.51. The average molecular weight is 540 g/mol. The number of halogens is 1. The van der Waals surface area contributed by atoms with Gasteiger partial charge in [0.2, 0.25) is 10.9 Å². The molecule has 168 valence electrons. The van der Waals surface area contributed by atoms with E-state index < -0.39 is 0 Å². The molecule has 1 atom stereocenters. The summed E-state index contributed by atoms with van der Waals surface area (Å²) in [6, 6.07) is 18.2. The summed E-state index contributed by atoms with van der Waals surface area (Å²) >= 11 is 6.90. The second-order valence-electron chi connectivity index (χ2n) is 8.58. The van der Waals surface area contributed by atoms with Crippen LogP contribution in [0.2, 0.25) is 0 Å². The Bertz CT molecular complexity index is 1300. The van der Waals surface area contributed by atoms with Gasteiger partial charge in [-0.05, 0) is 37.1 Å². The molecule has 2 fully saturated rings. The molecule has 1 saturated heterocycles. The van der Waals surface area contributed by atoms with Crippen molar-refractivity contribution in [2.75, 3.05) is 10.7 Å². The van der Waals surface area contributed by atoms with Crippen molar-refractivity contribution in [1.29, 1.82) is 0 Å². The van der Waals surface area contributed by atoms with Crippen LogP contribution >= 0.6 is 39.0 Å². The lowest BCUT2D eigenvalue weighted by molar-refractivity contribution is -0.115. The molecular weight excluding hydrogens is 516 g/mol. The van der Waals surface area contributed by atoms with E-state index in [-0.39, 0.29) is 11.3 Å². The monoisotopic (exact) mass is 538 g/mol. The van der Waals surface area contributed by atoms with Gasteiger partial charge in [-0.15, -0.1) is 11.8 Å². The molecule has 5 nitrogen and oxygen atoms in total. The zero-order valence-corrected chi connectivity index (χ0v) is 21.2. The number of hydrogen-bond acceptors (Lipinski definition) is 5. The summed E-state index contributed by atoms with van der Waals surface area (Å²) in [5, 5.41) is 6.12. The molecular formula is C25H23BrN4OS2. The third-order valence-electron chi connectivity index (χ3n) is 6.46. The highest BCUT2D eigenvalue weighted by atomic mass is 79.9. The molecule has 0 spiro atoms. The fraction of sp³-hybridized carbons (Fsp3) is 0.320. The Hall–Kier alpha value is -2.16. The summed E-state index contributed by atoms with van der Waals surface area (Å²) in [4.78, 5) is 20.9. The van der Waals surface area contributed by atoms with E-state index in [1.54, 1.807) is 23.1 Å². The summed E-state index contributed by atoms with van der Waals surface area (Å²) in [6.07, 6.45) is 6.29. The van der Waals surface area contributed by atoms with Crippen LogP contribution in [-0.2, 0) is 4.79 Å². The summed E-state index contributed by atoms with van der Waals surface area (Å²) in [5.74, 6) is 1.10. The molecule has 0 bridgehead atoms. The minimum Gasteiger partial charge on any atom is -0.293 e. The van der Waals surface area contributed by atoms with Gasteiger partial charge in [0, 0.05) is 21.6 Å². The van der Waals surface area contributed by atoms with Crippen LogP contribution in [0.15, 0.2) is 59.1 Å². The number of para-hydroxylation sites is 1. The number of imidazole rings is 1. The molecule has 8 heteroatoms. The molecule has 3 heterocycles. The first-order valence-electron chi connectivity index (χ1n) is 11.3. The molecule has 33 heavy (non-hydrogen) atoms. The van der Waals surface area contributed by atoms with Gasteiger partial charge < -0.3 is 0 Å². The molecule has 1 saturated carbocycles. The first-order chi connectivity index (χ1) is 16.2. The van der Waals surface area contributed by atoms with E-state index >= 15 is 0 Å². The summed E-state index contributed by atoms with van der Waals surface area (Å²) < 4.78 is 3.06. The molecule has 1 aliphatic carbocycles. The van der Waals surface area contributed by atoms with Crippen molar-refractivity contribution < 1.29 is 4.79 Å². The molecule has 2 aromatic carbocycles. The van der Waals surface area contributed by atoms with Crippen molar-refractivity contribution in [3.8, 4) is 11.3 Å². The lowest BCUT2D eigenvalue weighted by Gasteiger charge is -2.24. The Morgan fingerprint density at radius 2 is 1.73 bits per heavy atom. The Morgan fingerprint density at radius 3 is 2.48 bits per heavy atom. The van der Waals surface area contributed by atoms with E-state index in [0.29, 0.717) is 11.7 Å². The molecule has 2 aliphatic rings. The van der Waals surface area contributed by atoms with Gasteiger partial charge in [0.05, 0.1) is 11.4 Å². The van der Waals surface area contributed by atoms with Crippen molar-refractivity contribution >= 4 is 55.6 Å². The normalized spacial score (nSPS) is 19.6. The minimum atomic E-state index is -0.171. The van der Waals surface area contributed by atoms with E-state index in [2.05, 4.69) is 28.1 Å². The van der Waals surface area contributed by atoms with Crippen LogP contribution in [0.4, 0.5) is 5.69 Å². The van der Waals surface area contributed by atoms with Crippen molar-refractivity contribution in [2.24, 2.45) is 0 Å². The summed E-state index contributed by atoms with van der Waals surface area (Å²) in [6.45, 7) is 0. The number of rotatable bonds is 4. The van der Waals surface area contributed by atoms with Crippen LogP contribution in [0.5, 0.6) is 0 Å². The third kappa shape index (κ3) is 3.92. The number of carbonyl (C=O) groups is 1. The highest BCUT2D eigenvalue weighted by Gasteiger charge is 2.39. The minimum absolute atomic E-state index is 0.121. The highest BCUT2D eigenvalue weighted by Crippen LogP contribution is 2.46. The number of benzene rings is 2. The molecule has 1 aliphatic heterocycles. The predicted molar refractivity (Wildman–Crippen MR) is 139 cm³/mol. The maximum Gasteiger partial charge on any atom is 0.238 e. The largest absolute Gasteiger partial charge is 0.293 e. The van der Waals surface area contributed by atoms with Gasteiger partial charge in [0.1, 0.15) is 16.1 Å². The van der Waals surface area contributed by atoms with Crippen molar-refractivity contribution in [3.63, 3.8) is 0 Å². The van der Waals surface area contributed by atoms with Crippen LogP contribution in [0.1, 0.15) is 54.1 Å². The summed E-state index contributed by atoms with van der Waals surface area (Å²) in [7, 11) is 0. The number of thioether (sulfide) groups is 1. The van der Waals surface area contributed by atoms with Gasteiger partial charge in [-0.25, -0.2) is 9.50 Å². The quantitative estimate of drug-likeness (QED) is 0.279. The molecule has 0 radical (unpaired) electrons. The zero-order chi connectivity index (χ0) is 22.4. The van der Waals surface area contributed by atoms with Crippen molar-refractivity contribution in [2.45, 2.75) is 43.4 Å². The smallest absolute Gasteiger partial charge is 0.238 e. The molecule has 4 aromatic rings. The van der Waals surface area contributed by atoms with Gasteiger partial charge in [-0.1, -0.05) is 76.9 Å². The molecule has 1 amide bonds. The van der Waals surface area contributed by atoms with E-state index in [4.69, 9.17) is 10.1 Å². The maximum atomic E-state index is 13.0. The van der Waals surface area contributed by atoms with E-state index in [0.717, 1.165) is 32.1 Å². The Labute approximate surface area is 209 Å². The summed E-state index contributed by atoms with van der Waals surface area (Å²) in [5.41, 5.74) is 3.85. The first-order valence-corrected chi connectivity index (χ1v) is 14.0. The van der Waals surface area contributed by atoms with Gasteiger partial charge in [0.15, 0.2) is 0 Å². The first kappa shape index (κ1) is 21.4. The number of carbonyl (C=O) groups excluding carboxylic acids is 1. The molecule has 2 aromatic heterocycles. The fourth-order valence-corrected chi connectivity index (χ4v) is 7.37. The van der Waals surface area contributed by atoms with E-state index in [9.17, 15) is 4.79 Å². The number of anilines is 1. The number of amides is 1. The second-order valence-corrected chi connectivity index (χ2v) is 11.6. The third-order valence-corrected chi connectivity index (χ3v) is 9.23. The SMILES string of the molecule is O=C1CSC(c2c(-c3ccc(Br)cc3)nc3sc(C4CCCCC4)nn23)N1c1ccccc1. The van der Waals surface area contributed by atoms with Crippen LogP contribution in [0, 0.1) is 0 Å². The van der Waals surface area contributed by atoms with Crippen LogP contribution in [-0.4, -0.2) is 26.3 Å². The topological polar surface area (TPSA) is 50.5 Å². The number of nitrogens with zero attached hydrogens (tertiary/aromatic N) is 4. The molecule has 6 rings (SSSR count). The van der Waals surface area contributed by atoms with Crippen LogP contribution in [0.25, 0.3) is 16.2 Å². The predicted octanol–water partition coefficient (Wildman–Crippen LogP) is 7.05.